The molecule has 0 unspecified atom stereocenters. The lowest BCUT2D eigenvalue weighted by atomic mass is 10.2. The molecule has 0 heterocycles. The normalized spacial score (nSPS) is 9.69. The van der Waals surface area contributed by atoms with Gasteiger partial charge in [-0.25, -0.2) is 4.79 Å². The van der Waals surface area contributed by atoms with Crippen LogP contribution < -0.4 is 11.1 Å². The summed E-state index contributed by atoms with van der Waals surface area (Å²) in [6.45, 7) is 0. The Morgan fingerprint density at radius 1 is 1.50 bits per heavy atom. The van der Waals surface area contributed by atoms with E-state index in [0.29, 0.717) is 10.7 Å². The molecule has 0 spiro atoms. The number of carbonyl (C=O) groups excluding carboxylic acids is 1. The fraction of sp³-hybridized carbons (Fsp3) is 0.200. The lowest BCUT2D eigenvalue weighted by Gasteiger charge is -2.13. The summed E-state index contributed by atoms with van der Waals surface area (Å²) in [6.07, 6.45) is 0. The average Bonchev–Trinajstić information content (AvgIpc) is 2.20. The highest BCUT2D eigenvalue weighted by atomic mass is 79.9. The maximum Gasteiger partial charge on any atom is 0.321 e. The van der Waals surface area contributed by atoms with Crippen LogP contribution >= 0.6 is 28.1 Å². The summed E-state index contributed by atoms with van der Waals surface area (Å²) >= 11 is 8.20. The molecule has 0 aromatic heterocycles. The minimum absolute atomic E-state index is 0.191. The molecule has 0 saturated heterocycles. The molecule has 86 valence electrons. The van der Waals surface area contributed by atoms with Gasteiger partial charge in [-0.3, -0.25) is 0 Å². The number of amides is 2. The average molecular weight is 302 g/mol. The van der Waals surface area contributed by atoms with Crippen LogP contribution in [0, 0.1) is 0 Å². The number of hydrogen-bond donors (Lipinski definition) is 2. The minimum atomic E-state index is -0.191. The number of hydrogen-bond acceptors (Lipinski definition) is 2. The fourth-order valence-corrected chi connectivity index (χ4v) is 1.60. The molecule has 0 bridgehead atoms. The van der Waals surface area contributed by atoms with Crippen molar-refractivity contribution in [2.75, 3.05) is 19.4 Å². The Labute approximate surface area is 108 Å². The summed E-state index contributed by atoms with van der Waals surface area (Å²) in [6, 6.07) is 5.09. The second-order valence-corrected chi connectivity index (χ2v) is 4.68. The topological polar surface area (TPSA) is 58.4 Å². The summed E-state index contributed by atoms with van der Waals surface area (Å²) < 4.78 is 0.744. The number of nitrogens with zero attached hydrogens (tertiary/aromatic N) is 1. The first kappa shape index (κ1) is 12.9. The molecule has 0 fully saturated rings. The number of thiocarbonyl (C=S) groups is 1. The van der Waals surface area contributed by atoms with Gasteiger partial charge in [-0.2, -0.15) is 0 Å². The molecule has 0 saturated carbocycles. The number of urea groups is 1. The van der Waals surface area contributed by atoms with Crippen molar-refractivity contribution in [3.8, 4) is 0 Å². The molecule has 16 heavy (non-hydrogen) atoms. The molecule has 0 aliphatic rings. The first-order valence-corrected chi connectivity index (χ1v) is 5.69. The molecule has 0 atom stereocenters. The van der Waals surface area contributed by atoms with Crippen LogP contribution in [0.3, 0.4) is 0 Å². The lowest BCUT2D eigenvalue weighted by molar-refractivity contribution is 0.230. The van der Waals surface area contributed by atoms with E-state index >= 15 is 0 Å². The summed E-state index contributed by atoms with van der Waals surface area (Å²) in [4.78, 5) is 13.2. The molecule has 0 aliphatic carbocycles. The highest BCUT2D eigenvalue weighted by Crippen LogP contribution is 2.23. The predicted octanol–water partition coefficient (Wildman–Crippen LogP) is 2.18. The van der Waals surface area contributed by atoms with E-state index in [2.05, 4.69) is 21.2 Å². The zero-order chi connectivity index (χ0) is 12.3. The maximum absolute atomic E-state index is 11.4. The minimum Gasteiger partial charge on any atom is -0.389 e. The summed E-state index contributed by atoms with van der Waals surface area (Å²) in [5.74, 6) is 0. The zero-order valence-electron chi connectivity index (χ0n) is 8.95. The van der Waals surface area contributed by atoms with Gasteiger partial charge < -0.3 is 16.0 Å². The van der Waals surface area contributed by atoms with E-state index in [1.165, 1.54) is 4.90 Å². The van der Waals surface area contributed by atoms with Crippen molar-refractivity contribution in [2.24, 2.45) is 5.73 Å². The zero-order valence-corrected chi connectivity index (χ0v) is 11.4. The van der Waals surface area contributed by atoms with E-state index < -0.39 is 0 Å². The third-order valence-electron chi connectivity index (χ3n) is 1.90. The van der Waals surface area contributed by atoms with Gasteiger partial charge in [0.25, 0.3) is 0 Å². The van der Waals surface area contributed by atoms with E-state index in [0.717, 1.165) is 10.0 Å². The number of anilines is 1. The Hall–Kier alpha value is -1.14. The van der Waals surface area contributed by atoms with Crippen molar-refractivity contribution in [1.29, 1.82) is 0 Å². The molecule has 0 aliphatic heterocycles. The number of nitrogens with one attached hydrogen (secondary N) is 1. The standard InChI is InChI=1S/C10H12BrN3OS/c1-14(2)10(15)13-8-4-3-6(9(12)16)5-7(8)11/h3-5H,1-2H3,(H2,12,16)(H,13,15). The molecule has 1 rings (SSSR count). The molecule has 4 nitrogen and oxygen atoms in total. The van der Waals surface area contributed by atoms with Crippen LogP contribution in [0.5, 0.6) is 0 Å². The largest absolute Gasteiger partial charge is 0.389 e. The quantitative estimate of drug-likeness (QED) is 0.823. The predicted molar refractivity (Wildman–Crippen MR) is 72.7 cm³/mol. The van der Waals surface area contributed by atoms with Crippen molar-refractivity contribution >= 4 is 44.9 Å². The van der Waals surface area contributed by atoms with E-state index in [4.69, 9.17) is 18.0 Å². The van der Waals surface area contributed by atoms with Crippen molar-refractivity contribution in [2.45, 2.75) is 0 Å². The van der Waals surface area contributed by atoms with Gasteiger partial charge >= 0.3 is 6.03 Å². The summed E-state index contributed by atoms with van der Waals surface area (Å²) in [7, 11) is 3.35. The van der Waals surface area contributed by atoms with Gasteiger partial charge in [-0.15, -0.1) is 0 Å². The van der Waals surface area contributed by atoms with E-state index in [-0.39, 0.29) is 6.03 Å². The SMILES string of the molecule is CN(C)C(=O)Nc1ccc(C(N)=S)cc1Br. The molecule has 6 heteroatoms. The van der Waals surface area contributed by atoms with Gasteiger partial charge in [0.2, 0.25) is 0 Å². The Bertz CT molecular complexity index is 434. The van der Waals surface area contributed by atoms with E-state index in [1.54, 1.807) is 32.3 Å². The number of rotatable bonds is 2. The number of benzene rings is 1. The monoisotopic (exact) mass is 301 g/mol. The first-order valence-electron chi connectivity index (χ1n) is 4.49. The lowest BCUT2D eigenvalue weighted by Crippen LogP contribution is -2.27. The molecule has 2 amide bonds. The highest BCUT2D eigenvalue weighted by molar-refractivity contribution is 9.10. The number of nitrogens with two attached hydrogens (primary N) is 1. The third-order valence-corrected chi connectivity index (χ3v) is 2.79. The van der Waals surface area contributed by atoms with Crippen LogP contribution in [0.2, 0.25) is 0 Å². The Kier molecular flexibility index (Phi) is 4.26. The fourth-order valence-electron chi connectivity index (χ4n) is 0.997. The van der Waals surface area contributed by atoms with E-state index in [1.807, 2.05) is 0 Å². The molecular weight excluding hydrogens is 290 g/mol. The Balaban J connectivity index is 2.91. The van der Waals surface area contributed by atoms with E-state index in [9.17, 15) is 4.79 Å². The van der Waals surface area contributed by atoms with Crippen molar-refractivity contribution in [3.63, 3.8) is 0 Å². The Morgan fingerprint density at radius 3 is 2.56 bits per heavy atom. The smallest absolute Gasteiger partial charge is 0.321 e. The van der Waals surface area contributed by atoms with Crippen LogP contribution in [-0.2, 0) is 0 Å². The molecule has 1 aromatic rings. The summed E-state index contributed by atoms with van der Waals surface area (Å²) in [5.41, 5.74) is 6.93. The van der Waals surface area contributed by atoms with Gasteiger partial charge in [0.15, 0.2) is 0 Å². The number of halogens is 1. The second kappa shape index (κ2) is 5.27. The first-order chi connectivity index (χ1) is 7.41. The van der Waals surface area contributed by atoms with Crippen LogP contribution in [0.1, 0.15) is 5.56 Å². The van der Waals surface area contributed by atoms with Gasteiger partial charge in [0, 0.05) is 24.1 Å². The van der Waals surface area contributed by atoms with Crippen LogP contribution in [-0.4, -0.2) is 30.0 Å². The molecule has 3 N–H and O–H groups in total. The second-order valence-electron chi connectivity index (χ2n) is 3.38. The van der Waals surface area contributed by atoms with Crippen molar-refractivity contribution in [1.82, 2.24) is 4.90 Å². The summed E-state index contributed by atoms with van der Waals surface area (Å²) in [5, 5.41) is 2.73. The van der Waals surface area contributed by atoms with Crippen molar-refractivity contribution < 1.29 is 4.79 Å². The number of carbonyl (C=O) groups is 1. The van der Waals surface area contributed by atoms with Crippen LogP contribution in [0.25, 0.3) is 0 Å². The highest BCUT2D eigenvalue weighted by Gasteiger charge is 2.08. The molecule has 0 radical (unpaired) electrons. The molecule has 1 aromatic carbocycles. The van der Waals surface area contributed by atoms with Gasteiger partial charge in [0.05, 0.1) is 5.69 Å². The van der Waals surface area contributed by atoms with Gasteiger partial charge in [-0.05, 0) is 34.1 Å². The van der Waals surface area contributed by atoms with Crippen molar-refractivity contribution in [3.05, 3.63) is 28.2 Å². The van der Waals surface area contributed by atoms with Crippen LogP contribution in [0.15, 0.2) is 22.7 Å². The Morgan fingerprint density at radius 2 is 2.12 bits per heavy atom. The van der Waals surface area contributed by atoms with Crippen LogP contribution in [0.4, 0.5) is 10.5 Å². The van der Waals surface area contributed by atoms with Gasteiger partial charge in [-0.1, -0.05) is 12.2 Å². The maximum atomic E-state index is 11.4. The van der Waals surface area contributed by atoms with Gasteiger partial charge in [0.1, 0.15) is 4.99 Å². The third kappa shape index (κ3) is 3.18. The molecular formula is C10H12BrN3OS.